The molecular weight excluding hydrogens is 201 g/mol. The van der Waals surface area contributed by atoms with Crippen molar-refractivity contribution in [3.63, 3.8) is 0 Å². The molecule has 7 nitrogen and oxygen atoms in total. The average Bonchev–Trinajstić information content (AvgIpc) is 0.918. The van der Waals surface area contributed by atoms with Gasteiger partial charge in [0.2, 0.25) is 0 Å². The van der Waals surface area contributed by atoms with Gasteiger partial charge in [0.05, 0.1) is 0 Å². The van der Waals surface area contributed by atoms with E-state index in [4.69, 9.17) is 5.26 Å². The van der Waals surface area contributed by atoms with Crippen LogP contribution in [0.15, 0.2) is 0 Å². The first-order chi connectivity index (χ1) is 1.41. The van der Waals surface area contributed by atoms with Crippen LogP contribution in [0.1, 0.15) is 0 Å². The Kier molecular flexibility index (Phi) is 9230. The Balaban J connectivity index is -0.000000000952. The van der Waals surface area contributed by atoms with Crippen LogP contribution in [0.4, 0.5) is 0 Å². The van der Waals surface area contributed by atoms with Crippen molar-refractivity contribution in [1.29, 1.82) is 5.26 Å². The van der Waals surface area contributed by atoms with Crippen LogP contribution in [0.25, 0.3) is 0 Å². The van der Waals surface area contributed by atoms with Gasteiger partial charge in [-0.05, 0) is 0 Å². The molecule has 1 radical (unpaired) electrons. The topological polar surface area (TPSA) is 234 Å². The maximum absolute atomic E-state index is 7.18. The van der Waals surface area contributed by atoms with Crippen molar-refractivity contribution in [3.8, 4) is 5.40 Å². The zero-order valence-electron chi connectivity index (χ0n) is 5.97. The van der Waals surface area contributed by atoms with Gasteiger partial charge in [0.1, 0.15) is 5.40 Å². The fraction of sp³-hybridized carbons (Fsp3) is 0. The second-order valence-corrected chi connectivity index (χ2v) is 0.300. The third-order valence-corrected chi connectivity index (χ3v) is 0. The van der Waals surface area contributed by atoms with Crippen molar-refractivity contribution < 1.29 is 16.8 Å². The van der Waals surface area contributed by atoms with E-state index in [2.05, 4.69) is 12.6 Å². The summed E-state index contributed by atoms with van der Waals surface area (Å²) in [5, 5.41) is 8.63. The first kappa shape index (κ1) is 189. The van der Waals surface area contributed by atoms with Gasteiger partial charge in [-0.15, -0.1) is 0 Å². The number of thiocyanates is 1. The van der Waals surface area contributed by atoms with Crippen LogP contribution in [0.2, 0.25) is 0 Å². The van der Waals surface area contributed by atoms with Gasteiger partial charge in [0, 0.05) is 16.8 Å². The van der Waals surface area contributed by atoms with Crippen LogP contribution in [-0.4, -0.2) is 0 Å². The van der Waals surface area contributed by atoms with E-state index in [1.54, 1.807) is 0 Å². The van der Waals surface area contributed by atoms with E-state index in [-0.39, 0.29) is 53.7 Å². The van der Waals surface area contributed by atoms with E-state index >= 15 is 0 Å². The first-order valence-corrected chi connectivity index (χ1v) is 0.894. The molecule has 0 aromatic carbocycles. The van der Waals surface area contributed by atoms with Gasteiger partial charge >= 0.3 is 0 Å². The third kappa shape index (κ3) is 36100. The van der Waals surface area contributed by atoms with Crippen LogP contribution < -0.4 is 36.9 Å². The maximum Gasteiger partial charge on any atom is 0.130 e. The first-order valence-electron chi connectivity index (χ1n) is 0.447. The fourth-order valence-corrected chi connectivity index (χ4v) is 0. The van der Waals surface area contributed by atoms with Crippen molar-refractivity contribution >= 4 is 12.6 Å². The molecule has 0 aromatic rings. The van der Waals surface area contributed by atoms with Gasteiger partial charge in [0.25, 0.3) is 0 Å². The summed E-state index contributed by atoms with van der Waals surface area (Å²) in [6.45, 7) is 0. The molecular formula is CH19CoN7S. The van der Waals surface area contributed by atoms with Crippen molar-refractivity contribution in [2.45, 2.75) is 0 Å². The molecule has 0 saturated heterocycles. The monoisotopic (exact) mass is 220 g/mol. The van der Waals surface area contributed by atoms with E-state index in [0.29, 0.717) is 0 Å². The van der Waals surface area contributed by atoms with Crippen molar-refractivity contribution in [1.82, 2.24) is 36.9 Å². The van der Waals surface area contributed by atoms with Crippen LogP contribution in [0.3, 0.4) is 0 Å². The van der Waals surface area contributed by atoms with Crippen LogP contribution in [0, 0.1) is 10.7 Å². The molecule has 0 atom stereocenters. The molecule has 0 heterocycles. The van der Waals surface area contributed by atoms with Gasteiger partial charge in [0.15, 0.2) is 0 Å². The van der Waals surface area contributed by atoms with Gasteiger partial charge in [-0.3, -0.25) is 0 Å². The van der Waals surface area contributed by atoms with Gasteiger partial charge in [-0.25, -0.2) is 0 Å². The third-order valence-electron chi connectivity index (χ3n) is 0. The Morgan fingerprint density at radius 3 is 0.800 bits per heavy atom. The molecule has 0 aliphatic rings. The minimum absolute atomic E-state index is 0. The van der Waals surface area contributed by atoms with Crippen molar-refractivity contribution in [3.05, 3.63) is 0 Å². The SMILES string of the molecule is N.N.N.N.N.N.N#CS.[Co]. The summed E-state index contributed by atoms with van der Waals surface area (Å²) in [6, 6.07) is 0. The molecule has 0 aliphatic heterocycles. The molecule has 18 N–H and O–H groups in total. The van der Waals surface area contributed by atoms with E-state index < -0.39 is 0 Å². The Hall–Kier alpha value is 0.106. The normalized spacial score (nSPS) is 0.800. The fourth-order valence-electron chi connectivity index (χ4n) is 0. The number of hydrogen-bond acceptors (Lipinski definition) is 8. The summed E-state index contributed by atoms with van der Waals surface area (Å²) in [5.41, 5.74) is 0. The number of nitrogens with zero attached hydrogens (tertiary/aromatic N) is 1. The second kappa shape index (κ2) is 489. The number of rotatable bonds is 0. The van der Waals surface area contributed by atoms with Crippen LogP contribution >= 0.6 is 12.6 Å². The van der Waals surface area contributed by atoms with E-state index in [1.165, 1.54) is 5.40 Å². The minimum atomic E-state index is 0. The van der Waals surface area contributed by atoms with Gasteiger partial charge in [-0.2, -0.15) is 5.26 Å². The molecule has 0 saturated carbocycles. The molecule has 0 fully saturated rings. The molecule has 0 aliphatic carbocycles. The number of thiol groups is 1. The molecule has 9 heteroatoms. The second-order valence-electron chi connectivity index (χ2n) is 0.100. The molecule has 0 spiro atoms. The molecule has 0 rings (SSSR count). The summed E-state index contributed by atoms with van der Waals surface area (Å²) in [4.78, 5) is 0. The zero-order valence-corrected chi connectivity index (χ0v) is 7.91. The summed E-state index contributed by atoms with van der Waals surface area (Å²) in [7, 11) is 0. The standard InChI is InChI=1S/CHNS.Co.6H3N/c2-1-3;;;;;;;/h3H;;6*1H3. The number of hydrogen-bond donors (Lipinski definition) is 7. The van der Waals surface area contributed by atoms with Crippen LogP contribution in [-0.2, 0) is 16.8 Å². The Morgan fingerprint density at radius 2 is 0.800 bits per heavy atom. The van der Waals surface area contributed by atoms with Gasteiger partial charge < -0.3 is 36.9 Å². The molecule has 0 bridgehead atoms. The summed E-state index contributed by atoms with van der Waals surface area (Å²) in [5.74, 6) is 0. The molecule has 10 heavy (non-hydrogen) atoms. The zero-order chi connectivity index (χ0) is 2.71. The Labute approximate surface area is 77.4 Å². The Bertz CT molecular complexity index is 35.1. The van der Waals surface area contributed by atoms with Crippen molar-refractivity contribution in [2.24, 2.45) is 0 Å². The van der Waals surface area contributed by atoms with E-state index in [1.807, 2.05) is 0 Å². The van der Waals surface area contributed by atoms with Gasteiger partial charge in [-0.1, -0.05) is 12.6 Å². The number of nitriles is 1. The molecule has 73 valence electrons. The summed E-state index contributed by atoms with van der Waals surface area (Å²) >= 11 is 3.09. The molecule has 0 unspecified atom stereocenters. The largest absolute Gasteiger partial charge is 0.344 e. The molecule has 0 aromatic heterocycles. The van der Waals surface area contributed by atoms with E-state index in [0.717, 1.165) is 0 Å². The summed E-state index contributed by atoms with van der Waals surface area (Å²) in [6.07, 6.45) is 0. The Morgan fingerprint density at radius 1 is 0.800 bits per heavy atom. The van der Waals surface area contributed by atoms with Crippen LogP contribution in [0.5, 0.6) is 0 Å². The average molecular weight is 220 g/mol. The quantitative estimate of drug-likeness (QED) is 0.233. The predicted octanol–water partition coefficient (Wildman–Crippen LogP) is 1.37. The smallest absolute Gasteiger partial charge is 0.130 e. The minimum Gasteiger partial charge on any atom is -0.344 e. The predicted molar refractivity (Wildman–Crippen MR) is 44.7 cm³/mol. The molecule has 0 amide bonds. The van der Waals surface area contributed by atoms with Crippen molar-refractivity contribution in [2.75, 3.05) is 0 Å². The summed E-state index contributed by atoms with van der Waals surface area (Å²) < 4.78 is 0. The van der Waals surface area contributed by atoms with E-state index in [9.17, 15) is 0 Å². The maximum atomic E-state index is 7.18.